The molecule has 2 rings (SSSR count). The highest BCUT2D eigenvalue weighted by Crippen LogP contribution is 2.25. The second-order valence-electron chi connectivity index (χ2n) is 3.18. The summed E-state index contributed by atoms with van der Waals surface area (Å²) in [5.74, 6) is 1.19. The van der Waals surface area contributed by atoms with Gasteiger partial charge in [-0.2, -0.15) is 0 Å². The predicted octanol–water partition coefficient (Wildman–Crippen LogP) is 3.39. The maximum Gasteiger partial charge on any atom is 0.171 e. The van der Waals surface area contributed by atoms with Crippen LogP contribution in [-0.4, -0.2) is 5.16 Å². The number of rotatable bonds is 2. The number of halogens is 1. The first-order valence-electron chi connectivity index (χ1n) is 4.38. The van der Waals surface area contributed by atoms with Crippen LogP contribution < -0.4 is 0 Å². The van der Waals surface area contributed by atoms with Crippen molar-refractivity contribution in [1.29, 1.82) is 0 Å². The minimum Gasteiger partial charge on any atom is -0.356 e. The summed E-state index contributed by atoms with van der Waals surface area (Å²) in [6.45, 7) is 2.04. The Hall–Kier alpha value is -1.28. The van der Waals surface area contributed by atoms with Gasteiger partial charge in [0.2, 0.25) is 0 Å². The van der Waals surface area contributed by atoms with Gasteiger partial charge in [0.25, 0.3) is 0 Å². The Kier molecular flexibility index (Phi) is 2.55. The van der Waals surface area contributed by atoms with Crippen molar-refractivity contribution in [2.75, 3.05) is 0 Å². The standard InChI is InChI=1S/C11H10ClNO/c1-8-3-2-4-9(5-8)11-10(6-12)7-13-14-11/h2-5,7H,6H2,1H3. The Morgan fingerprint density at radius 1 is 1.43 bits per heavy atom. The van der Waals surface area contributed by atoms with Crippen molar-refractivity contribution in [2.24, 2.45) is 0 Å². The van der Waals surface area contributed by atoms with E-state index in [0.717, 1.165) is 16.9 Å². The molecule has 2 aromatic rings. The fraction of sp³-hybridized carbons (Fsp3) is 0.182. The summed E-state index contributed by atoms with van der Waals surface area (Å²) in [6, 6.07) is 8.07. The van der Waals surface area contributed by atoms with E-state index in [0.29, 0.717) is 5.88 Å². The molecule has 0 radical (unpaired) electrons. The topological polar surface area (TPSA) is 26.0 Å². The molecule has 0 saturated heterocycles. The second kappa shape index (κ2) is 3.84. The molecule has 0 spiro atoms. The van der Waals surface area contributed by atoms with Gasteiger partial charge >= 0.3 is 0 Å². The van der Waals surface area contributed by atoms with Crippen molar-refractivity contribution in [3.63, 3.8) is 0 Å². The number of aryl methyl sites for hydroxylation is 1. The first-order valence-corrected chi connectivity index (χ1v) is 4.91. The number of aromatic nitrogens is 1. The third kappa shape index (κ3) is 1.66. The van der Waals surface area contributed by atoms with Crippen LogP contribution in [0.3, 0.4) is 0 Å². The number of alkyl halides is 1. The van der Waals surface area contributed by atoms with Gasteiger partial charge in [-0.25, -0.2) is 0 Å². The zero-order chi connectivity index (χ0) is 9.97. The average molecular weight is 208 g/mol. The molecule has 1 aromatic heterocycles. The van der Waals surface area contributed by atoms with Gasteiger partial charge in [0.1, 0.15) is 0 Å². The van der Waals surface area contributed by atoms with Crippen LogP contribution >= 0.6 is 11.6 Å². The SMILES string of the molecule is Cc1cccc(-c2oncc2CCl)c1. The molecule has 0 unspecified atom stereocenters. The lowest BCUT2D eigenvalue weighted by molar-refractivity contribution is 0.432. The average Bonchev–Trinajstić information content (AvgIpc) is 2.65. The van der Waals surface area contributed by atoms with Gasteiger partial charge in [0.05, 0.1) is 12.1 Å². The molecular weight excluding hydrogens is 198 g/mol. The van der Waals surface area contributed by atoms with Gasteiger partial charge in [0.15, 0.2) is 5.76 Å². The molecule has 72 valence electrons. The van der Waals surface area contributed by atoms with Crippen molar-refractivity contribution in [2.45, 2.75) is 12.8 Å². The van der Waals surface area contributed by atoms with Crippen LogP contribution in [0.15, 0.2) is 35.0 Å². The molecule has 1 aromatic carbocycles. The third-order valence-corrected chi connectivity index (χ3v) is 2.36. The Bertz CT molecular complexity index is 436. The molecule has 0 atom stereocenters. The van der Waals surface area contributed by atoms with Crippen molar-refractivity contribution in [3.05, 3.63) is 41.6 Å². The van der Waals surface area contributed by atoms with Gasteiger partial charge in [0, 0.05) is 11.1 Å². The number of hydrogen-bond donors (Lipinski definition) is 0. The van der Waals surface area contributed by atoms with Crippen molar-refractivity contribution in [3.8, 4) is 11.3 Å². The normalized spacial score (nSPS) is 10.4. The van der Waals surface area contributed by atoms with Gasteiger partial charge in [-0.05, 0) is 13.0 Å². The summed E-state index contributed by atoms with van der Waals surface area (Å²) >= 11 is 5.76. The highest BCUT2D eigenvalue weighted by Gasteiger charge is 2.09. The summed E-state index contributed by atoms with van der Waals surface area (Å²) in [4.78, 5) is 0. The van der Waals surface area contributed by atoms with E-state index < -0.39 is 0 Å². The van der Waals surface area contributed by atoms with E-state index in [-0.39, 0.29) is 0 Å². The molecule has 0 aliphatic rings. The highest BCUT2D eigenvalue weighted by molar-refractivity contribution is 6.17. The van der Waals surface area contributed by atoms with E-state index in [1.807, 2.05) is 25.1 Å². The maximum atomic E-state index is 5.76. The molecule has 14 heavy (non-hydrogen) atoms. The molecule has 0 N–H and O–H groups in total. The van der Waals surface area contributed by atoms with Crippen LogP contribution in [0.5, 0.6) is 0 Å². The molecule has 1 heterocycles. The smallest absolute Gasteiger partial charge is 0.171 e. The lowest BCUT2D eigenvalue weighted by Crippen LogP contribution is -1.81. The number of hydrogen-bond acceptors (Lipinski definition) is 2. The summed E-state index contributed by atoms with van der Waals surface area (Å²) < 4.78 is 5.16. The zero-order valence-electron chi connectivity index (χ0n) is 7.83. The van der Waals surface area contributed by atoms with E-state index in [4.69, 9.17) is 16.1 Å². The van der Waals surface area contributed by atoms with E-state index in [2.05, 4.69) is 11.2 Å². The van der Waals surface area contributed by atoms with Crippen molar-refractivity contribution >= 4 is 11.6 Å². The van der Waals surface area contributed by atoms with E-state index >= 15 is 0 Å². The number of benzene rings is 1. The van der Waals surface area contributed by atoms with Crippen LogP contribution in [0, 0.1) is 6.92 Å². The molecule has 0 amide bonds. The van der Waals surface area contributed by atoms with Crippen LogP contribution in [0.1, 0.15) is 11.1 Å². The minimum absolute atomic E-state index is 0.423. The van der Waals surface area contributed by atoms with Crippen molar-refractivity contribution < 1.29 is 4.52 Å². The predicted molar refractivity (Wildman–Crippen MR) is 56.2 cm³/mol. The Balaban J connectivity index is 2.49. The highest BCUT2D eigenvalue weighted by atomic mass is 35.5. The second-order valence-corrected chi connectivity index (χ2v) is 3.45. The molecule has 0 saturated carbocycles. The Labute approximate surface area is 87.5 Å². The molecular formula is C11H10ClNO. The van der Waals surface area contributed by atoms with Crippen LogP contribution in [0.4, 0.5) is 0 Å². The molecule has 0 fully saturated rings. The van der Waals surface area contributed by atoms with E-state index in [1.54, 1.807) is 6.20 Å². The van der Waals surface area contributed by atoms with E-state index in [1.165, 1.54) is 5.56 Å². The van der Waals surface area contributed by atoms with Gasteiger partial charge in [-0.3, -0.25) is 0 Å². The monoisotopic (exact) mass is 207 g/mol. The summed E-state index contributed by atoms with van der Waals surface area (Å²) in [5, 5.41) is 3.74. The molecule has 0 bridgehead atoms. The van der Waals surface area contributed by atoms with Crippen molar-refractivity contribution in [1.82, 2.24) is 5.16 Å². The summed E-state index contributed by atoms with van der Waals surface area (Å²) in [6.07, 6.45) is 1.66. The Morgan fingerprint density at radius 3 is 3.00 bits per heavy atom. The summed E-state index contributed by atoms with van der Waals surface area (Å²) in [5.41, 5.74) is 3.15. The molecule has 0 aliphatic carbocycles. The maximum absolute atomic E-state index is 5.76. The lowest BCUT2D eigenvalue weighted by atomic mass is 10.1. The van der Waals surface area contributed by atoms with E-state index in [9.17, 15) is 0 Å². The lowest BCUT2D eigenvalue weighted by Gasteiger charge is -1.99. The fourth-order valence-electron chi connectivity index (χ4n) is 1.38. The molecule has 3 heteroatoms. The molecule has 2 nitrogen and oxygen atoms in total. The quantitative estimate of drug-likeness (QED) is 0.706. The fourth-order valence-corrected chi connectivity index (χ4v) is 1.57. The Morgan fingerprint density at radius 2 is 2.29 bits per heavy atom. The van der Waals surface area contributed by atoms with Gasteiger partial charge in [-0.1, -0.05) is 28.9 Å². The summed E-state index contributed by atoms with van der Waals surface area (Å²) in [7, 11) is 0. The third-order valence-electron chi connectivity index (χ3n) is 2.07. The zero-order valence-corrected chi connectivity index (χ0v) is 8.58. The van der Waals surface area contributed by atoms with Gasteiger partial charge < -0.3 is 4.52 Å². The van der Waals surface area contributed by atoms with Crippen LogP contribution in [-0.2, 0) is 5.88 Å². The number of nitrogens with zero attached hydrogens (tertiary/aromatic N) is 1. The first-order chi connectivity index (χ1) is 6.81. The minimum atomic E-state index is 0.423. The first kappa shape index (κ1) is 9.28. The van der Waals surface area contributed by atoms with Crippen LogP contribution in [0.25, 0.3) is 11.3 Å². The largest absolute Gasteiger partial charge is 0.356 e. The van der Waals surface area contributed by atoms with Gasteiger partial charge in [-0.15, -0.1) is 11.6 Å². The molecule has 0 aliphatic heterocycles. The van der Waals surface area contributed by atoms with Crippen LogP contribution in [0.2, 0.25) is 0 Å².